The Hall–Kier alpha value is -1.30. The Labute approximate surface area is 129 Å². The largest absolute Gasteiger partial charge is 0.433 e. The zero-order valence-electron chi connectivity index (χ0n) is 10.7. The van der Waals surface area contributed by atoms with Gasteiger partial charge in [0.15, 0.2) is 0 Å². The van der Waals surface area contributed by atoms with E-state index in [0.717, 1.165) is 12.1 Å². The number of benzene rings is 1. The van der Waals surface area contributed by atoms with Gasteiger partial charge in [-0.25, -0.2) is 4.98 Å². The molecule has 2 aromatic rings. The van der Waals surface area contributed by atoms with Crippen LogP contribution in [0.2, 0.25) is 10.2 Å². The average Bonchev–Trinajstić information content (AvgIpc) is 2.40. The van der Waals surface area contributed by atoms with E-state index < -0.39 is 23.1 Å². The summed E-state index contributed by atoms with van der Waals surface area (Å²) in [4.78, 5) is 3.29. The number of aliphatic hydroxyl groups excluding tert-OH is 1. The van der Waals surface area contributed by atoms with E-state index >= 15 is 0 Å². The van der Waals surface area contributed by atoms with E-state index in [1.54, 1.807) is 25.1 Å². The van der Waals surface area contributed by atoms with Gasteiger partial charge in [-0.2, -0.15) is 13.2 Å². The molecule has 0 amide bonds. The number of nitrogens with zero attached hydrogens (tertiary/aromatic N) is 1. The molecule has 0 bridgehead atoms. The van der Waals surface area contributed by atoms with Gasteiger partial charge in [-0.15, -0.1) is 0 Å². The van der Waals surface area contributed by atoms with Crippen molar-refractivity contribution in [3.63, 3.8) is 0 Å². The average molecular weight is 336 g/mol. The summed E-state index contributed by atoms with van der Waals surface area (Å²) in [5, 5.41) is 10.4. The maximum atomic E-state index is 12.5. The highest BCUT2D eigenvalue weighted by Gasteiger charge is 2.33. The van der Waals surface area contributed by atoms with Crippen LogP contribution in [0.5, 0.6) is 0 Å². The van der Waals surface area contributed by atoms with Crippen LogP contribution < -0.4 is 0 Å². The molecule has 0 aliphatic rings. The van der Waals surface area contributed by atoms with Gasteiger partial charge in [0.05, 0.1) is 0 Å². The normalized spacial score (nSPS) is 13.3. The number of pyridine rings is 1. The lowest BCUT2D eigenvalue weighted by Gasteiger charge is -2.17. The summed E-state index contributed by atoms with van der Waals surface area (Å²) in [6.07, 6.45) is -5.79. The Morgan fingerprint density at radius 2 is 1.76 bits per heavy atom. The van der Waals surface area contributed by atoms with E-state index in [2.05, 4.69) is 4.98 Å². The molecule has 0 saturated carbocycles. The van der Waals surface area contributed by atoms with Crippen molar-refractivity contribution in [1.29, 1.82) is 0 Å². The van der Waals surface area contributed by atoms with Crippen LogP contribution in [0.4, 0.5) is 13.2 Å². The molecule has 0 aliphatic carbocycles. The summed E-state index contributed by atoms with van der Waals surface area (Å²) < 4.78 is 37.6. The molecule has 0 spiro atoms. The molecule has 0 fully saturated rings. The van der Waals surface area contributed by atoms with Gasteiger partial charge >= 0.3 is 6.18 Å². The highest BCUT2D eigenvalue weighted by Crippen LogP contribution is 2.34. The van der Waals surface area contributed by atoms with Gasteiger partial charge in [0.1, 0.15) is 17.0 Å². The van der Waals surface area contributed by atoms with Crippen molar-refractivity contribution in [2.45, 2.75) is 19.2 Å². The third-order valence-electron chi connectivity index (χ3n) is 3.07. The first-order valence-electron chi connectivity index (χ1n) is 5.88. The minimum atomic E-state index is -4.58. The van der Waals surface area contributed by atoms with Crippen molar-refractivity contribution in [1.82, 2.24) is 4.98 Å². The van der Waals surface area contributed by atoms with Gasteiger partial charge in [-0.3, -0.25) is 0 Å². The first-order chi connectivity index (χ1) is 9.71. The molecule has 1 N–H and O–H groups in total. The van der Waals surface area contributed by atoms with Gasteiger partial charge in [-0.05, 0) is 30.2 Å². The molecule has 1 heterocycles. The molecular formula is C14H10Cl2F3NO. The maximum absolute atomic E-state index is 12.5. The van der Waals surface area contributed by atoms with Crippen molar-refractivity contribution >= 4 is 23.2 Å². The second-order valence-electron chi connectivity index (χ2n) is 4.43. The third kappa shape index (κ3) is 3.31. The van der Waals surface area contributed by atoms with Crippen LogP contribution >= 0.6 is 23.2 Å². The monoisotopic (exact) mass is 335 g/mol. The van der Waals surface area contributed by atoms with Gasteiger partial charge in [0.2, 0.25) is 0 Å². The van der Waals surface area contributed by atoms with Gasteiger partial charge < -0.3 is 5.11 Å². The molecule has 2 nitrogen and oxygen atoms in total. The fourth-order valence-corrected chi connectivity index (χ4v) is 2.33. The Kier molecular flexibility index (Phi) is 4.46. The molecular weight excluding hydrogens is 326 g/mol. The highest BCUT2D eigenvalue weighted by molar-refractivity contribution is 6.31. The van der Waals surface area contributed by atoms with E-state index in [0.29, 0.717) is 16.1 Å². The first-order valence-corrected chi connectivity index (χ1v) is 6.64. The zero-order chi connectivity index (χ0) is 15.8. The molecule has 0 saturated heterocycles. The number of aromatic nitrogens is 1. The molecule has 112 valence electrons. The summed E-state index contributed by atoms with van der Waals surface area (Å²) in [5.74, 6) is 0. The van der Waals surface area contributed by atoms with Crippen molar-refractivity contribution in [3.8, 4) is 0 Å². The van der Waals surface area contributed by atoms with Crippen molar-refractivity contribution < 1.29 is 18.3 Å². The lowest BCUT2D eigenvalue weighted by atomic mass is 9.98. The Morgan fingerprint density at radius 3 is 2.33 bits per heavy atom. The lowest BCUT2D eigenvalue weighted by Crippen LogP contribution is -2.10. The van der Waals surface area contributed by atoms with Crippen molar-refractivity contribution in [2.24, 2.45) is 0 Å². The predicted molar refractivity (Wildman–Crippen MR) is 74.5 cm³/mol. The first kappa shape index (κ1) is 16.1. The van der Waals surface area contributed by atoms with Gasteiger partial charge in [0.25, 0.3) is 0 Å². The molecule has 7 heteroatoms. The summed E-state index contributed by atoms with van der Waals surface area (Å²) in [6.45, 7) is 1.70. The minimum Gasteiger partial charge on any atom is -0.384 e. The van der Waals surface area contributed by atoms with Gasteiger partial charge in [0, 0.05) is 10.6 Å². The molecule has 1 aromatic carbocycles. The molecule has 21 heavy (non-hydrogen) atoms. The number of hydrogen-bond donors (Lipinski definition) is 1. The smallest absolute Gasteiger partial charge is 0.384 e. The minimum absolute atomic E-state index is 0.0926. The number of rotatable bonds is 2. The third-order valence-corrected chi connectivity index (χ3v) is 3.78. The maximum Gasteiger partial charge on any atom is 0.433 e. The second-order valence-corrected chi connectivity index (χ2v) is 5.20. The van der Waals surface area contributed by atoms with Crippen LogP contribution in [0, 0.1) is 6.92 Å². The van der Waals surface area contributed by atoms with Crippen molar-refractivity contribution in [2.75, 3.05) is 0 Å². The summed E-state index contributed by atoms with van der Waals surface area (Å²) in [5.41, 5.74) is 0.0786. The summed E-state index contributed by atoms with van der Waals surface area (Å²) >= 11 is 11.7. The molecule has 1 aromatic heterocycles. The van der Waals surface area contributed by atoms with E-state index in [9.17, 15) is 18.3 Å². The molecule has 0 aliphatic heterocycles. The Morgan fingerprint density at radius 1 is 1.10 bits per heavy atom. The Balaban J connectivity index is 2.45. The van der Waals surface area contributed by atoms with E-state index in [1.807, 2.05) is 0 Å². The second kappa shape index (κ2) is 5.83. The van der Waals surface area contributed by atoms with E-state index in [1.165, 1.54) is 0 Å². The van der Waals surface area contributed by atoms with Crippen molar-refractivity contribution in [3.05, 3.63) is 62.9 Å². The summed E-state index contributed by atoms with van der Waals surface area (Å²) in [6, 6.07) is 6.81. The van der Waals surface area contributed by atoms with Gasteiger partial charge in [-0.1, -0.05) is 41.4 Å². The number of halogens is 5. The molecule has 0 radical (unpaired) electrons. The quantitative estimate of drug-likeness (QED) is 0.800. The molecule has 1 unspecified atom stereocenters. The van der Waals surface area contributed by atoms with E-state index in [-0.39, 0.29) is 5.56 Å². The van der Waals surface area contributed by atoms with Crippen LogP contribution in [0.1, 0.15) is 28.5 Å². The lowest BCUT2D eigenvalue weighted by molar-refractivity contribution is -0.141. The van der Waals surface area contributed by atoms with E-state index in [4.69, 9.17) is 23.2 Å². The Bertz CT molecular complexity index is 674. The number of aliphatic hydroxyl groups is 1. The zero-order valence-corrected chi connectivity index (χ0v) is 12.3. The van der Waals surface area contributed by atoms with Crippen LogP contribution in [-0.2, 0) is 6.18 Å². The van der Waals surface area contributed by atoms with Crippen LogP contribution in [0.25, 0.3) is 0 Å². The fourth-order valence-electron chi connectivity index (χ4n) is 1.89. The predicted octanol–water partition coefficient (Wildman–Crippen LogP) is 4.80. The van der Waals surface area contributed by atoms with Crippen LogP contribution in [0.15, 0.2) is 30.3 Å². The molecule has 2 rings (SSSR count). The van der Waals surface area contributed by atoms with Crippen LogP contribution in [-0.4, -0.2) is 10.1 Å². The molecule has 1 atom stereocenters. The SMILES string of the molecule is Cc1c(Cl)cccc1C(O)c1ccc(C(F)(F)F)nc1Cl. The highest BCUT2D eigenvalue weighted by atomic mass is 35.5. The summed E-state index contributed by atoms with van der Waals surface area (Å²) in [7, 11) is 0. The number of alkyl halides is 3. The fraction of sp³-hybridized carbons (Fsp3) is 0.214. The number of hydrogen-bond acceptors (Lipinski definition) is 2. The standard InChI is InChI=1S/C14H10Cl2F3NO/c1-7-8(3-2-4-10(7)15)12(21)9-5-6-11(14(17,18)19)20-13(9)16/h2-6,12,21H,1H3. The van der Waals surface area contributed by atoms with Crippen LogP contribution in [0.3, 0.4) is 0 Å². The topological polar surface area (TPSA) is 33.1 Å².